The van der Waals surface area contributed by atoms with Crippen molar-refractivity contribution in [1.29, 1.82) is 0 Å². The van der Waals surface area contributed by atoms with Crippen LogP contribution >= 0.6 is 0 Å². The molecule has 0 saturated carbocycles. The van der Waals surface area contributed by atoms with Crippen LogP contribution in [0.15, 0.2) is 36.7 Å². The Bertz CT molecular complexity index is 1430. The van der Waals surface area contributed by atoms with E-state index in [1.165, 1.54) is 18.3 Å². The summed E-state index contributed by atoms with van der Waals surface area (Å²) in [4.78, 5) is 19.3. The Labute approximate surface area is 221 Å². The van der Waals surface area contributed by atoms with E-state index < -0.39 is 52.0 Å². The Morgan fingerprint density at radius 2 is 1.87 bits per heavy atom. The molecule has 3 aromatic rings. The fourth-order valence-corrected chi connectivity index (χ4v) is 4.50. The number of nitrogens with zero attached hydrogens (tertiary/aromatic N) is 4. The second-order valence-corrected chi connectivity index (χ2v) is 10.8. The van der Waals surface area contributed by atoms with Gasteiger partial charge in [-0.1, -0.05) is 6.07 Å². The van der Waals surface area contributed by atoms with E-state index in [1.54, 1.807) is 23.9 Å². The molecule has 39 heavy (non-hydrogen) atoms. The number of halogens is 4. The molecule has 1 atom stereocenters. The largest absolute Gasteiger partial charge is 0.465 e. The SMILES string of the molecule is CC(C)n1cc(-c2ccnc(NC[C@H](C)NC(=O)O)n2)c(-c2cccc(NS(=O)(=O)CCC(F)(F)F)c2F)n1. The van der Waals surface area contributed by atoms with Gasteiger partial charge in [-0.15, -0.1) is 0 Å². The van der Waals surface area contributed by atoms with E-state index in [9.17, 15) is 26.4 Å². The number of anilines is 2. The van der Waals surface area contributed by atoms with Crippen LogP contribution in [0.5, 0.6) is 0 Å². The van der Waals surface area contributed by atoms with Gasteiger partial charge in [-0.05, 0) is 39.0 Å². The third kappa shape index (κ3) is 8.27. The first-order chi connectivity index (χ1) is 18.1. The molecule has 0 radical (unpaired) electrons. The summed E-state index contributed by atoms with van der Waals surface area (Å²) < 4.78 is 80.9. The quantitative estimate of drug-likeness (QED) is 0.245. The molecule has 4 N–H and O–H groups in total. The number of aromatic nitrogens is 4. The zero-order chi connectivity index (χ0) is 29.0. The molecule has 1 aromatic carbocycles. The monoisotopic (exact) mass is 573 g/mol. The van der Waals surface area contributed by atoms with Gasteiger partial charge in [-0.25, -0.2) is 27.6 Å². The minimum Gasteiger partial charge on any atom is -0.465 e. The van der Waals surface area contributed by atoms with E-state index in [0.717, 1.165) is 6.07 Å². The highest BCUT2D eigenvalue weighted by molar-refractivity contribution is 7.92. The van der Waals surface area contributed by atoms with Crippen molar-refractivity contribution in [3.05, 3.63) is 42.5 Å². The topological polar surface area (TPSA) is 151 Å². The predicted octanol–water partition coefficient (Wildman–Crippen LogP) is 4.49. The van der Waals surface area contributed by atoms with E-state index >= 15 is 4.39 Å². The third-order valence-electron chi connectivity index (χ3n) is 5.30. The van der Waals surface area contributed by atoms with Crippen molar-refractivity contribution in [2.24, 2.45) is 0 Å². The molecular formula is C23H27F4N7O4S. The normalized spacial score (nSPS) is 12.8. The maximum absolute atomic E-state index is 15.6. The summed E-state index contributed by atoms with van der Waals surface area (Å²) in [7, 11) is -4.49. The molecule has 11 nitrogen and oxygen atoms in total. The van der Waals surface area contributed by atoms with E-state index in [1.807, 2.05) is 18.6 Å². The molecule has 0 spiro atoms. The minimum absolute atomic E-state index is 0.104. The molecule has 0 fully saturated rings. The number of hydrogen-bond donors (Lipinski definition) is 4. The highest BCUT2D eigenvalue weighted by Gasteiger charge is 2.30. The van der Waals surface area contributed by atoms with Gasteiger partial charge in [-0.3, -0.25) is 9.40 Å². The third-order valence-corrected chi connectivity index (χ3v) is 6.57. The van der Waals surface area contributed by atoms with Crippen molar-refractivity contribution in [2.45, 2.75) is 45.5 Å². The number of benzene rings is 1. The Morgan fingerprint density at radius 1 is 1.15 bits per heavy atom. The molecular weight excluding hydrogens is 546 g/mol. The van der Waals surface area contributed by atoms with Crippen LogP contribution in [0.4, 0.5) is 34.0 Å². The summed E-state index contributed by atoms with van der Waals surface area (Å²) in [6, 6.07) is 4.76. The van der Waals surface area contributed by atoms with Crippen LogP contribution in [0.3, 0.4) is 0 Å². The van der Waals surface area contributed by atoms with Gasteiger partial charge in [0.2, 0.25) is 16.0 Å². The second-order valence-electron chi connectivity index (χ2n) is 8.92. The Morgan fingerprint density at radius 3 is 2.51 bits per heavy atom. The molecule has 0 aliphatic heterocycles. The van der Waals surface area contributed by atoms with Crippen LogP contribution in [0.25, 0.3) is 22.5 Å². The first-order valence-corrected chi connectivity index (χ1v) is 13.3. The van der Waals surface area contributed by atoms with E-state index in [-0.39, 0.29) is 29.8 Å². The van der Waals surface area contributed by atoms with Gasteiger partial charge in [0.1, 0.15) is 5.69 Å². The molecule has 0 bridgehead atoms. The smallest absolute Gasteiger partial charge is 0.404 e. The Kier molecular flexibility index (Phi) is 8.99. The van der Waals surface area contributed by atoms with Crippen molar-refractivity contribution >= 4 is 27.8 Å². The van der Waals surface area contributed by atoms with Crippen LogP contribution in [-0.4, -0.2) is 63.9 Å². The van der Waals surface area contributed by atoms with Gasteiger partial charge in [0.15, 0.2) is 5.82 Å². The standard InChI is InChI=1S/C23H27F4N7O4S/c1-13(2)34-12-16(17-7-9-28-21(31-17)29-11-14(3)30-22(35)36)20(32-34)15-5-4-6-18(19(15)24)33-39(37,38)10-8-23(25,26)27/h4-7,9,12-14,30,33H,8,10-11H2,1-3H3,(H,35,36)(H,28,29,31)/t14-/m0/s1. The summed E-state index contributed by atoms with van der Waals surface area (Å²) in [6.45, 7) is 5.50. The lowest BCUT2D eigenvalue weighted by Gasteiger charge is -2.13. The highest BCUT2D eigenvalue weighted by atomic mass is 32.2. The van der Waals surface area contributed by atoms with Crippen LogP contribution in [0.2, 0.25) is 0 Å². The lowest BCUT2D eigenvalue weighted by molar-refractivity contribution is -0.129. The number of rotatable bonds is 11. The lowest BCUT2D eigenvalue weighted by atomic mass is 10.0. The van der Waals surface area contributed by atoms with Gasteiger partial charge in [0.25, 0.3) is 0 Å². The van der Waals surface area contributed by atoms with Gasteiger partial charge in [-0.2, -0.15) is 18.3 Å². The first kappa shape index (κ1) is 29.6. The highest BCUT2D eigenvalue weighted by Crippen LogP contribution is 2.35. The molecule has 1 amide bonds. The Balaban J connectivity index is 1.97. The Hall–Kier alpha value is -3.95. The number of amides is 1. The first-order valence-electron chi connectivity index (χ1n) is 11.7. The number of sulfonamides is 1. The summed E-state index contributed by atoms with van der Waals surface area (Å²) in [6.07, 6.45) is -4.39. The molecule has 2 aromatic heterocycles. The van der Waals surface area contributed by atoms with Crippen LogP contribution in [0, 0.1) is 5.82 Å². The van der Waals surface area contributed by atoms with Gasteiger partial charge < -0.3 is 15.7 Å². The summed E-state index contributed by atoms with van der Waals surface area (Å²) in [5, 5.41) is 18.5. The molecule has 0 saturated heterocycles. The van der Waals surface area contributed by atoms with Crippen LogP contribution in [-0.2, 0) is 10.0 Å². The summed E-state index contributed by atoms with van der Waals surface area (Å²) >= 11 is 0. The average molecular weight is 574 g/mol. The van der Waals surface area contributed by atoms with Gasteiger partial charge in [0, 0.05) is 42.1 Å². The summed E-state index contributed by atoms with van der Waals surface area (Å²) in [5.74, 6) is -2.12. The molecule has 16 heteroatoms. The fourth-order valence-electron chi connectivity index (χ4n) is 3.40. The molecule has 0 aliphatic carbocycles. The maximum atomic E-state index is 15.6. The van der Waals surface area contributed by atoms with Crippen LogP contribution < -0.4 is 15.4 Å². The molecule has 0 aliphatic rings. The predicted molar refractivity (Wildman–Crippen MR) is 136 cm³/mol. The van der Waals surface area contributed by atoms with Crippen molar-refractivity contribution in [3.8, 4) is 22.5 Å². The van der Waals surface area contributed by atoms with Crippen LogP contribution in [0.1, 0.15) is 33.2 Å². The molecule has 3 rings (SSSR count). The van der Waals surface area contributed by atoms with Gasteiger partial charge in [0.05, 0.1) is 23.6 Å². The minimum atomic E-state index is -4.69. The van der Waals surface area contributed by atoms with E-state index in [4.69, 9.17) is 5.11 Å². The number of nitrogens with one attached hydrogen (secondary N) is 3. The summed E-state index contributed by atoms with van der Waals surface area (Å²) in [5.41, 5.74) is 0.200. The molecule has 212 valence electrons. The average Bonchev–Trinajstić information content (AvgIpc) is 3.28. The van der Waals surface area contributed by atoms with Gasteiger partial charge >= 0.3 is 12.3 Å². The fraction of sp³-hybridized carbons (Fsp3) is 0.391. The van der Waals surface area contributed by atoms with Crippen molar-refractivity contribution in [1.82, 2.24) is 25.1 Å². The van der Waals surface area contributed by atoms with E-state index in [0.29, 0.717) is 11.3 Å². The molecule has 0 unspecified atom stereocenters. The number of carbonyl (C=O) groups is 1. The van der Waals surface area contributed by atoms with Crippen molar-refractivity contribution in [3.63, 3.8) is 0 Å². The lowest BCUT2D eigenvalue weighted by Crippen LogP contribution is -2.36. The molecule has 2 heterocycles. The van der Waals surface area contributed by atoms with Crippen molar-refractivity contribution in [2.75, 3.05) is 22.3 Å². The second kappa shape index (κ2) is 11.8. The van der Waals surface area contributed by atoms with E-state index in [2.05, 4.69) is 25.7 Å². The number of hydrogen-bond acceptors (Lipinski definition) is 7. The number of alkyl halides is 3. The zero-order valence-electron chi connectivity index (χ0n) is 21.1. The van der Waals surface area contributed by atoms with Crippen molar-refractivity contribution < 1.29 is 35.9 Å². The maximum Gasteiger partial charge on any atom is 0.404 e. The number of carboxylic acid groups (broad SMARTS) is 1. The zero-order valence-corrected chi connectivity index (χ0v) is 21.9.